The van der Waals surface area contributed by atoms with Crippen LogP contribution in [0.3, 0.4) is 0 Å². The lowest BCUT2D eigenvalue weighted by atomic mass is 10.0. The molecule has 1 atom stereocenters. The Morgan fingerprint density at radius 2 is 2.09 bits per heavy atom. The number of hydrogen-bond acceptors (Lipinski definition) is 3. The standard InChI is InChI=1S/C16H14ClNO4/c17-12-5-2-1-4-11(12)13-6-3-7-18(13)15(19)14-8-10(9-22-14)16(20)21/h1-2,4-5,8-9,13H,3,6-7H2,(H,20,21). The third-order valence-electron chi connectivity index (χ3n) is 3.84. The van der Waals surface area contributed by atoms with E-state index in [1.807, 2.05) is 18.2 Å². The number of likely N-dealkylation sites (tertiary alicyclic amines) is 1. The van der Waals surface area contributed by atoms with Gasteiger partial charge in [-0.25, -0.2) is 4.79 Å². The number of hydrogen-bond donors (Lipinski definition) is 1. The van der Waals surface area contributed by atoms with E-state index in [1.165, 1.54) is 6.07 Å². The largest absolute Gasteiger partial charge is 0.478 e. The number of carboxylic acids is 1. The average molecular weight is 320 g/mol. The van der Waals surface area contributed by atoms with E-state index < -0.39 is 5.97 Å². The maximum absolute atomic E-state index is 12.6. The summed E-state index contributed by atoms with van der Waals surface area (Å²) in [5, 5.41) is 9.53. The number of amides is 1. The summed E-state index contributed by atoms with van der Waals surface area (Å²) in [6.45, 7) is 0.595. The highest BCUT2D eigenvalue weighted by Gasteiger charge is 2.33. The van der Waals surface area contributed by atoms with Crippen LogP contribution in [0.25, 0.3) is 0 Å². The minimum atomic E-state index is -1.12. The zero-order valence-corrected chi connectivity index (χ0v) is 12.4. The van der Waals surface area contributed by atoms with Crippen molar-refractivity contribution in [3.8, 4) is 0 Å². The molecule has 1 fully saturated rings. The molecule has 0 bridgehead atoms. The summed E-state index contributed by atoms with van der Waals surface area (Å²) in [4.78, 5) is 25.1. The van der Waals surface area contributed by atoms with Gasteiger partial charge in [0, 0.05) is 17.6 Å². The zero-order valence-electron chi connectivity index (χ0n) is 11.7. The molecule has 1 saturated heterocycles. The molecular formula is C16H14ClNO4. The van der Waals surface area contributed by atoms with Crippen LogP contribution in [0.5, 0.6) is 0 Å². The van der Waals surface area contributed by atoms with Gasteiger partial charge in [-0.05, 0) is 24.5 Å². The number of aromatic carboxylic acids is 1. The van der Waals surface area contributed by atoms with Crippen molar-refractivity contribution in [2.24, 2.45) is 0 Å². The predicted molar refractivity (Wildman–Crippen MR) is 80.1 cm³/mol. The predicted octanol–water partition coefficient (Wildman–Crippen LogP) is 3.61. The molecule has 1 N–H and O–H groups in total. The summed E-state index contributed by atoms with van der Waals surface area (Å²) in [5.74, 6) is -1.39. The van der Waals surface area contributed by atoms with Gasteiger partial charge in [0.05, 0.1) is 11.6 Å². The fourth-order valence-corrected chi connectivity index (χ4v) is 3.04. The fraction of sp³-hybridized carbons (Fsp3) is 0.250. The maximum Gasteiger partial charge on any atom is 0.338 e. The van der Waals surface area contributed by atoms with E-state index in [2.05, 4.69) is 0 Å². The van der Waals surface area contributed by atoms with Gasteiger partial charge in [0.25, 0.3) is 5.91 Å². The van der Waals surface area contributed by atoms with Crippen LogP contribution in [-0.2, 0) is 0 Å². The molecule has 1 aromatic carbocycles. The van der Waals surface area contributed by atoms with Gasteiger partial charge in [0.15, 0.2) is 5.76 Å². The molecule has 1 aliphatic rings. The molecule has 3 rings (SSSR count). The van der Waals surface area contributed by atoms with Crippen molar-refractivity contribution in [2.75, 3.05) is 6.54 Å². The lowest BCUT2D eigenvalue weighted by molar-refractivity contribution is 0.0690. The topological polar surface area (TPSA) is 70.7 Å². The molecule has 0 spiro atoms. The zero-order chi connectivity index (χ0) is 15.7. The summed E-state index contributed by atoms with van der Waals surface area (Å²) in [7, 11) is 0. The minimum Gasteiger partial charge on any atom is -0.478 e. The van der Waals surface area contributed by atoms with E-state index in [4.69, 9.17) is 21.1 Å². The molecule has 1 aromatic heterocycles. The number of halogens is 1. The summed E-state index contributed by atoms with van der Waals surface area (Å²) >= 11 is 6.23. The van der Waals surface area contributed by atoms with E-state index in [-0.39, 0.29) is 23.3 Å². The van der Waals surface area contributed by atoms with Crippen LogP contribution in [-0.4, -0.2) is 28.4 Å². The Bertz CT molecular complexity index is 724. The molecule has 1 aliphatic heterocycles. The van der Waals surface area contributed by atoms with E-state index >= 15 is 0 Å². The van der Waals surface area contributed by atoms with E-state index in [0.717, 1.165) is 24.7 Å². The van der Waals surface area contributed by atoms with Crippen LogP contribution in [0.4, 0.5) is 0 Å². The number of carbonyl (C=O) groups excluding carboxylic acids is 1. The van der Waals surface area contributed by atoms with Crippen molar-refractivity contribution in [1.82, 2.24) is 4.90 Å². The first-order valence-electron chi connectivity index (χ1n) is 6.95. The highest BCUT2D eigenvalue weighted by Crippen LogP contribution is 2.36. The van der Waals surface area contributed by atoms with Crippen LogP contribution >= 0.6 is 11.6 Å². The van der Waals surface area contributed by atoms with Crippen LogP contribution in [0.2, 0.25) is 5.02 Å². The Hall–Kier alpha value is -2.27. The number of carbonyl (C=O) groups is 2. The molecule has 1 amide bonds. The SMILES string of the molecule is O=C(O)c1coc(C(=O)N2CCCC2c2ccccc2Cl)c1. The molecule has 6 heteroatoms. The first kappa shape index (κ1) is 14.7. The second-order valence-electron chi connectivity index (χ2n) is 5.18. The van der Waals surface area contributed by atoms with Crippen molar-refractivity contribution >= 4 is 23.5 Å². The Labute approximate surface area is 132 Å². The van der Waals surface area contributed by atoms with Gasteiger partial charge >= 0.3 is 5.97 Å². The summed E-state index contributed by atoms with van der Waals surface area (Å²) in [6, 6.07) is 8.58. The lowest BCUT2D eigenvalue weighted by Crippen LogP contribution is -2.30. The van der Waals surface area contributed by atoms with Crippen molar-refractivity contribution in [1.29, 1.82) is 0 Å². The van der Waals surface area contributed by atoms with Gasteiger partial charge < -0.3 is 14.4 Å². The number of carboxylic acid groups (broad SMARTS) is 1. The van der Waals surface area contributed by atoms with E-state index in [9.17, 15) is 9.59 Å². The van der Waals surface area contributed by atoms with Gasteiger partial charge in [-0.2, -0.15) is 0 Å². The van der Waals surface area contributed by atoms with E-state index in [0.29, 0.717) is 11.6 Å². The molecule has 1 unspecified atom stereocenters. The van der Waals surface area contributed by atoms with Crippen molar-refractivity contribution in [3.05, 3.63) is 58.5 Å². The summed E-state index contributed by atoms with van der Waals surface area (Å²) in [5.41, 5.74) is 0.872. The number of nitrogens with zero attached hydrogens (tertiary/aromatic N) is 1. The Kier molecular flexibility index (Phi) is 3.90. The van der Waals surface area contributed by atoms with Gasteiger partial charge in [0.2, 0.25) is 0 Å². The Morgan fingerprint density at radius 3 is 2.77 bits per heavy atom. The first-order chi connectivity index (χ1) is 10.6. The molecule has 0 radical (unpaired) electrons. The molecule has 114 valence electrons. The van der Waals surface area contributed by atoms with Crippen molar-refractivity contribution in [3.63, 3.8) is 0 Å². The first-order valence-corrected chi connectivity index (χ1v) is 7.33. The normalized spacial score (nSPS) is 17.7. The minimum absolute atomic E-state index is 0.0307. The van der Waals surface area contributed by atoms with Gasteiger partial charge in [-0.15, -0.1) is 0 Å². The highest BCUT2D eigenvalue weighted by atomic mass is 35.5. The molecule has 2 heterocycles. The third-order valence-corrected chi connectivity index (χ3v) is 4.18. The summed E-state index contributed by atoms with van der Waals surface area (Å²) in [6.07, 6.45) is 2.77. The monoisotopic (exact) mass is 319 g/mol. The van der Waals surface area contributed by atoms with Gasteiger partial charge in [-0.3, -0.25) is 4.79 Å². The molecule has 2 aromatic rings. The molecular weight excluding hydrogens is 306 g/mol. The maximum atomic E-state index is 12.6. The third kappa shape index (κ3) is 2.60. The van der Waals surface area contributed by atoms with Crippen molar-refractivity contribution < 1.29 is 19.1 Å². The van der Waals surface area contributed by atoms with Gasteiger partial charge in [0.1, 0.15) is 6.26 Å². The average Bonchev–Trinajstić information content (AvgIpc) is 3.16. The highest BCUT2D eigenvalue weighted by molar-refractivity contribution is 6.31. The number of rotatable bonds is 3. The lowest BCUT2D eigenvalue weighted by Gasteiger charge is -2.24. The Balaban J connectivity index is 1.88. The number of furan rings is 1. The quantitative estimate of drug-likeness (QED) is 0.938. The molecule has 0 saturated carbocycles. The van der Waals surface area contributed by atoms with Crippen LogP contribution < -0.4 is 0 Å². The Morgan fingerprint density at radius 1 is 1.32 bits per heavy atom. The smallest absolute Gasteiger partial charge is 0.338 e. The van der Waals surface area contributed by atoms with Crippen LogP contribution in [0.1, 0.15) is 45.4 Å². The molecule has 22 heavy (non-hydrogen) atoms. The second-order valence-corrected chi connectivity index (χ2v) is 5.59. The van der Waals surface area contributed by atoms with E-state index in [1.54, 1.807) is 11.0 Å². The van der Waals surface area contributed by atoms with Crippen molar-refractivity contribution in [2.45, 2.75) is 18.9 Å². The van der Waals surface area contributed by atoms with Gasteiger partial charge in [-0.1, -0.05) is 29.8 Å². The molecule has 0 aliphatic carbocycles. The second kappa shape index (κ2) is 5.85. The summed E-state index contributed by atoms with van der Waals surface area (Å²) < 4.78 is 5.11. The van der Waals surface area contributed by atoms with Crippen LogP contribution in [0, 0.1) is 0 Å². The number of benzene rings is 1. The van der Waals surface area contributed by atoms with Crippen LogP contribution in [0.15, 0.2) is 41.0 Å². The fourth-order valence-electron chi connectivity index (χ4n) is 2.78. The molecule has 5 nitrogen and oxygen atoms in total.